The summed E-state index contributed by atoms with van der Waals surface area (Å²) in [5.74, 6) is 0. The third-order valence-corrected chi connectivity index (χ3v) is 3.99. The molecule has 0 unspecified atom stereocenters. The van der Waals surface area contributed by atoms with Crippen LogP contribution in [-0.4, -0.2) is 14.7 Å². The minimum Gasteiger partial charge on any atom is -0.266 e. The molecule has 0 bridgehead atoms. The minimum atomic E-state index is -3.39. The number of benzene rings is 2. The SMILES string of the molecule is CS(=O)(=O)N(Cc1ccccc1)c1ccc(C#N)cc1. The van der Waals surface area contributed by atoms with Crippen LogP contribution in [0.1, 0.15) is 11.1 Å². The Kier molecular flexibility index (Phi) is 4.06. The Bertz CT molecular complexity index is 717. The molecule has 0 amide bonds. The molecule has 4 nitrogen and oxygen atoms in total. The van der Waals surface area contributed by atoms with Crippen LogP contribution in [-0.2, 0) is 16.6 Å². The molecule has 20 heavy (non-hydrogen) atoms. The van der Waals surface area contributed by atoms with Crippen molar-refractivity contribution in [3.8, 4) is 6.07 Å². The fourth-order valence-electron chi connectivity index (χ4n) is 1.85. The number of hydrogen-bond acceptors (Lipinski definition) is 3. The predicted octanol–water partition coefficient (Wildman–Crippen LogP) is 2.52. The topological polar surface area (TPSA) is 61.2 Å². The molecular weight excluding hydrogens is 272 g/mol. The molecule has 0 saturated carbocycles. The highest BCUT2D eigenvalue weighted by Crippen LogP contribution is 2.20. The molecule has 5 heteroatoms. The standard InChI is InChI=1S/C15H14N2O2S/c1-20(18,19)17(12-14-5-3-2-4-6-14)15-9-7-13(11-16)8-10-15/h2-10H,12H2,1H3. The Balaban J connectivity index is 2.36. The third-order valence-electron chi connectivity index (χ3n) is 2.85. The van der Waals surface area contributed by atoms with E-state index < -0.39 is 10.0 Å². The Morgan fingerprint density at radius 3 is 2.15 bits per heavy atom. The van der Waals surface area contributed by atoms with Crippen LogP contribution in [0.5, 0.6) is 0 Å². The number of hydrogen-bond donors (Lipinski definition) is 0. The second kappa shape index (κ2) is 5.76. The van der Waals surface area contributed by atoms with Crippen molar-refractivity contribution < 1.29 is 8.42 Å². The largest absolute Gasteiger partial charge is 0.266 e. The van der Waals surface area contributed by atoms with Gasteiger partial charge in [-0.3, -0.25) is 4.31 Å². The molecule has 0 atom stereocenters. The molecule has 0 fully saturated rings. The summed E-state index contributed by atoms with van der Waals surface area (Å²) in [7, 11) is -3.39. The first-order valence-corrected chi connectivity index (χ1v) is 7.87. The summed E-state index contributed by atoms with van der Waals surface area (Å²) in [6.07, 6.45) is 1.17. The summed E-state index contributed by atoms with van der Waals surface area (Å²) >= 11 is 0. The normalized spacial score (nSPS) is 10.8. The van der Waals surface area contributed by atoms with Gasteiger partial charge in [-0.25, -0.2) is 8.42 Å². The summed E-state index contributed by atoms with van der Waals surface area (Å²) in [4.78, 5) is 0. The molecule has 0 radical (unpaired) electrons. The summed E-state index contributed by atoms with van der Waals surface area (Å²) < 4.78 is 25.2. The van der Waals surface area contributed by atoms with Crippen molar-refractivity contribution in [2.75, 3.05) is 10.6 Å². The number of nitriles is 1. The van der Waals surface area contributed by atoms with Crippen molar-refractivity contribution in [1.29, 1.82) is 5.26 Å². The van der Waals surface area contributed by atoms with E-state index in [0.717, 1.165) is 5.56 Å². The molecule has 2 rings (SSSR count). The van der Waals surface area contributed by atoms with Gasteiger partial charge in [0.1, 0.15) is 0 Å². The van der Waals surface area contributed by atoms with Crippen LogP contribution in [0, 0.1) is 11.3 Å². The highest BCUT2D eigenvalue weighted by atomic mass is 32.2. The van der Waals surface area contributed by atoms with Gasteiger partial charge < -0.3 is 0 Å². The molecule has 2 aromatic carbocycles. The third kappa shape index (κ3) is 3.37. The average Bonchev–Trinajstić information content (AvgIpc) is 2.45. The summed E-state index contributed by atoms with van der Waals surface area (Å²) in [6.45, 7) is 0.269. The Morgan fingerprint density at radius 1 is 1.05 bits per heavy atom. The van der Waals surface area contributed by atoms with Gasteiger partial charge in [0.15, 0.2) is 0 Å². The monoisotopic (exact) mass is 286 g/mol. The van der Waals surface area contributed by atoms with Gasteiger partial charge in [0.25, 0.3) is 0 Å². The van der Waals surface area contributed by atoms with Gasteiger partial charge in [-0.05, 0) is 29.8 Å². The molecule has 102 valence electrons. The second-order valence-corrected chi connectivity index (χ2v) is 6.32. The Labute approximate surface area is 118 Å². The maximum atomic E-state index is 12.0. The molecular formula is C15H14N2O2S. The molecule has 0 aliphatic rings. The minimum absolute atomic E-state index is 0.269. The van der Waals surface area contributed by atoms with Crippen molar-refractivity contribution in [1.82, 2.24) is 0 Å². The quantitative estimate of drug-likeness (QED) is 0.867. The highest BCUT2D eigenvalue weighted by Gasteiger charge is 2.17. The number of anilines is 1. The molecule has 0 saturated heterocycles. The van der Waals surface area contributed by atoms with E-state index in [-0.39, 0.29) is 6.54 Å². The van der Waals surface area contributed by atoms with E-state index in [0.29, 0.717) is 11.3 Å². The van der Waals surface area contributed by atoms with Crippen molar-refractivity contribution in [3.05, 3.63) is 65.7 Å². The zero-order valence-corrected chi connectivity index (χ0v) is 11.8. The van der Waals surface area contributed by atoms with Crippen LogP contribution in [0.2, 0.25) is 0 Å². The molecule has 2 aromatic rings. The first kappa shape index (κ1) is 14.1. The van der Waals surface area contributed by atoms with E-state index in [4.69, 9.17) is 5.26 Å². The molecule has 0 spiro atoms. The lowest BCUT2D eigenvalue weighted by Crippen LogP contribution is -2.29. The average molecular weight is 286 g/mol. The van der Waals surface area contributed by atoms with Gasteiger partial charge in [0.05, 0.1) is 30.1 Å². The van der Waals surface area contributed by atoms with E-state index >= 15 is 0 Å². The zero-order chi connectivity index (χ0) is 14.6. The molecule has 0 N–H and O–H groups in total. The van der Waals surface area contributed by atoms with E-state index in [2.05, 4.69) is 0 Å². The molecule has 0 aromatic heterocycles. The number of sulfonamides is 1. The van der Waals surface area contributed by atoms with Gasteiger partial charge in [-0.2, -0.15) is 5.26 Å². The summed E-state index contributed by atoms with van der Waals surface area (Å²) in [5, 5.41) is 8.78. The van der Waals surface area contributed by atoms with Crippen molar-refractivity contribution in [2.24, 2.45) is 0 Å². The fraction of sp³-hybridized carbons (Fsp3) is 0.133. The molecule has 0 aliphatic carbocycles. The Hall–Kier alpha value is -2.32. The van der Waals surface area contributed by atoms with E-state index in [1.807, 2.05) is 36.4 Å². The van der Waals surface area contributed by atoms with Crippen LogP contribution in [0.3, 0.4) is 0 Å². The Morgan fingerprint density at radius 2 is 1.65 bits per heavy atom. The number of rotatable bonds is 4. The first-order valence-electron chi connectivity index (χ1n) is 6.02. The van der Waals surface area contributed by atoms with Crippen LogP contribution in [0.15, 0.2) is 54.6 Å². The van der Waals surface area contributed by atoms with Gasteiger partial charge in [0, 0.05) is 0 Å². The van der Waals surface area contributed by atoms with Gasteiger partial charge in [0.2, 0.25) is 10.0 Å². The fourth-order valence-corrected chi connectivity index (χ4v) is 2.74. The van der Waals surface area contributed by atoms with Crippen molar-refractivity contribution in [2.45, 2.75) is 6.54 Å². The van der Waals surface area contributed by atoms with E-state index in [9.17, 15) is 8.42 Å². The van der Waals surface area contributed by atoms with Gasteiger partial charge >= 0.3 is 0 Å². The lowest BCUT2D eigenvalue weighted by atomic mass is 10.2. The summed E-state index contributed by atoms with van der Waals surface area (Å²) in [6, 6.07) is 17.9. The van der Waals surface area contributed by atoms with Crippen LogP contribution >= 0.6 is 0 Å². The smallest absolute Gasteiger partial charge is 0.232 e. The zero-order valence-electron chi connectivity index (χ0n) is 11.0. The van der Waals surface area contributed by atoms with Crippen LogP contribution in [0.4, 0.5) is 5.69 Å². The maximum absolute atomic E-state index is 12.0. The number of nitrogens with zero attached hydrogens (tertiary/aromatic N) is 2. The predicted molar refractivity (Wildman–Crippen MR) is 78.6 cm³/mol. The lowest BCUT2D eigenvalue weighted by Gasteiger charge is -2.22. The molecule has 0 aliphatic heterocycles. The first-order chi connectivity index (χ1) is 9.50. The summed E-state index contributed by atoms with van der Waals surface area (Å²) in [5.41, 5.74) is 1.96. The maximum Gasteiger partial charge on any atom is 0.232 e. The van der Waals surface area contributed by atoms with Crippen LogP contribution in [0.25, 0.3) is 0 Å². The lowest BCUT2D eigenvalue weighted by molar-refractivity contribution is 0.596. The van der Waals surface area contributed by atoms with Gasteiger partial charge in [-0.1, -0.05) is 30.3 Å². The van der Waals surface area contributed by atoms with Crippen molar-refractivity contribution in [3.63, 3.8) is 0 Å². The second-order valence-electron chi connectivity index (χ2n) is 4.41. The highest BCUT2D eigenvalue weighted by molar-refractivity contribution is 7.92. The van der Waals surface area contributed by atoms with E-state index in [1.165, 1.54) is 10.6 Å². The van der Waals surface area contributed by atoms with E-state index in [1.54, 1.807) is 24.3 Å². The van der Waals surface area contributed by atoms with Crippen LogP contribution < -0.4 is 4.31 Å². The van der Waals surface area contributed by atoms with Crippen molar-refractivity contribution >= 4 is 15.7 Å². The molecule has 0 heterocycles. The van der Waals surface area contributed by atoms with Gasteiger partial charge in [-0.15, -0.1) is 0 Å².